The molecule has 2 N–H and O–H groups in total. The number of benzene rings is 1. The maximum Gasteiger partial charge on any atom is 0.241 e. The molecule has 5 nitrogen and oxygen atoms in total. The zero-order valence-electron chi connectivity index (χ0n) is 11.2. The highest BCUT2D eigenvalue weighted by Crippen LogP contribution is 2.24. The predicted octanol–water partition coefficient (Wildman–Crippen LogP) is 0.921. The van der Waals surface area contributed by atoms with Gasteiger partial charge in [0.05, 0.1) is 12.1 Å². The largest absolute Gasteiger partial charge is 0.508 e. The van der Waals surface area contributed by atoms with E-state index in [0.29, 0.717) is 19.5 Å². The molecule has 1 aromatic carbocycles. The summed E-state index contributed by atoms with van der Waals surface area (Å²) in [6.07, 6.45) is 2.30. The first-order chi connectivity index (χ1) is 9.69. The number of fused-ring (bicyclic) bond motifs is 1. The van der Waals surface area contributed by atoms with Gasteiger partial charge >= 0.3 is 0 Å². The van der Waals surface area contributed by atoms with Gasteiger partial charge in [-0.05, 0) is 42.5 Å². The first kappa shape index (κ1) is 12.9. The lowest BCUT2D eigenvalue weighted by Crippen LogP contribution is -2.50. The van der Waals surface area contributed by atoms with Crippen molar-refractivity contribution in [3.05, 3.63) is 29.3 Å². The van der Waals surface area contributed by atoms with E-state index in [4.69, 9.17) is 5.26 Å². The lowest BCUT2D eigenvalue weighted by atomic mass is 9.95. The lowest BCUT2D eigenvalue weighted by Gasteiger charge is -2.30. The number of phenolic OH excluding ortho intramolecular Hbond substituents is 1. The molecule has 2 unspecified atom stereocenters. The van der Waals surface area contributed by atoms with Crippen molar-refractivity contribution in [3.63, 3.8) is 0 Å². The van der Waals surface area contributed by atoms with Crippen LogP contribution in [0.5, 0.6) is 5.75 Å². The number of nitriles is 1. The Morgan fingerprint density at radius 2 is 2.30 bits per heavy atom. The molecule has 1 amide bonds. The predicted molar refractivity (Wildman–Crippen MR) is 72.8 cm³/mol. The van der Waals surface area contributed by atoms with Crippen LogP contribution >= 0.6 is 0 Å². The van der Waals surface area contributed by atoms with E-state index in [1.54, 1.807) is 17.0 Å². The van der Waals surface area contributed by atoms with Crippen molar-refractivity contribution in [2.45, 2.75) is 37.9 Å². The Balaban J connectivity index is 1.75. The van der Waals surface area contributed by atoms with Crippen LogP contribution in [-0.4, -0.2) is 34.5 Å². The highest BCUT2D eigenvalue weighted by Gasteiger charge is 2.34. The number of hydrogen-bond acceptors (Lipinski definition) is 4. The highest BCUT2D eigenvalue weighted by atomic mass is 16.3. The van der Waals surface area contributed by atoms with Crippen LogP contribution in [0.25, 0.3) is 0 Å². The summed E-state index contributed by atoms with van der Waals surface area (Å²) in [5, 5.41) is 21.8. The Bertz CT molecular complexity index is 579. The quantitative estimate of drug-likeness (QED) is 0.796. The van der Waals surface area contributed by atoms with Crippen molar-refractivity contribution in [2.24, 2.45) is 0 Å². The van der Waals surface area contributed by atoms with Gasteiger partial charge in [0.2, 0.25) is 5.91 Å². The van der Waals surface area contributed by atoms with Crippen LogP contribution in [0.2, 0.25) is 0 Å². The van der Waals surface area contributed by atoms with E-state index in [1.807, 2.05) is 6.07 Å². The summed E-state index contributed by atoms with van der Waals surface area (Å²) >= 11 is 0. The Kier molecular flexibility index (Phi) is 3.33. The third-order valence-corrected chi connectivity index (χ3v) is 4.14. The summed E-state index contributed by atoms with van der Waals surface area (Å²) in [4.78, 5) is 14.2. The van der Waals surface area contributed by atoms with Crippen LogP contribution in [0, 0.1) is 11.3 Å². The van der Waals surface area contributed by atoms with E-state index in [9.17, 15) is 9.90 Å². The molecule has 2 heterocycles. The minimum absolute atomic E-state index is 0.0211. The molecule has 0 saturated carbocycles. The number of nitrogens with one attached hydrogen (secondary N) is 1. The summed E-state index contributed by atoms with van der Waals surface area (Å²) in [7, 11) is 0. The van der Waals surface area contributed by atoms with Crippen LogP contribution in [0.1, 0.15) is 24.0 Å². The van der Waals surface area contributed by atoms with Crippen molar-refractivity contribution < 1.29 is 9.90 Å². The molecule has 2 aliphatic heterocycles. The number of likely N-dealkylation sites (tertiary alicyclic amines) is 1. The second-order valence-corrected chi connectivity index (χ2v) is 5.41. The van der Waals surface area contributed by atoms with Crippen molar-refractivity contribution in [3.8, 4) is 11.8 Å². The summed E-state index contributed by atoms with van der Waals surface area (Å²) in [6, 6.07) is 6.93. The highest BCUT2D eigenvalue weighted by molar-refractivity contribution is 5.83. The third kappa shape index (κ3) is 2.23. The second kappa shape index (κ2) is 5.14. The van der Waals surface area contributed by atoms with Gasteiger partial charge in [-0.2, -0.15) is 5.26 Å². The van der Waals surface area contributed by atoms with Crippen LogP contribution in [0.15, 0.2) is 18.2 Å². The van der Waals surface area contributed by atoms with Crippen LogP contribution in [0.3, 0.4) is 0 Å². The van der Waals surface area contributed by atoms with Gasteiger partial charge < -0.3 is 15.3 Å². The van der Waals surface area contributed by atoms with Crippen LogP contribution < -0.4 is 5.32 Å². The topological polar surface area (TPSA) is 76.4 Å². The van der Waals surface area contributed by atoms with Crippen molar-refractivity contribution in [1.82, 2.24) is 10.2 Å². The van der Waals surface area contributed by atoms with E-state index in [-0.39, 0.29) is 23.7 Å². The minimum atomic E-state index is -0.273. The van der Waals surface area contributed by atoms with Crippen molar-refractivity contribution in [1.29, 1.82) is 5.26 Å². The smallest absolute Gasteiger partial charge is 0.241 e. The molecule has 1 aromatic rings. The van der Waals surface area contributed by atoms with E-state index in [0.717, 1.165) is 24.0 Å². The Morgan fingerprint density at radius 3 is 3.10 bits per heavy atom. The number of carbonyl (C=O) groups is 1. The number of nitrogens with zero attached hydrogens (tertiary/aromatic N) is 2. The van der Waals surface area contributed by atoms with Gasteiger partial charge in [-0.3, -0.25) is 4.79 Å². The number of carbonyl (C=O) groups excluding carboxylic acids is 1. The Morgan fingerprint density at radius 1 is 1.45 bits per heavy atom. The first-order valence-electron chi connectivity index (χ1n) is 6.93. The fraction of sp³-hybridized carbons (Fsp3) is 0.467. The molecule has 2 aliphatic rings. The molecule has 0 aromatic heterocycles. The molecular weight excluding hydrogens is 254 g/mol. The number of rotatable bonds is 1. The first-order valence-corrected chi connectivity index (χ1v) is 6.93. The molecule has 20 heavy (non-hydrogen) atoms. The maximum atomic E-state index is 12.5. The fourth-order valence-corrected chi connectivity index (χ4v) is 3.04. The monoisotopic (exact) mass is 271 g/mol. The zero-order valence-corrected chi connectivity index (χ0v) is 11.2. The molecule has 0 spiro atoms. The van der Waals surface area contributed by atoms with Crippen LogP contribution in [-0.2, 0) is 17.8 Å². The molecule has 1 fully saturated rings. The summed E-state index contributed by atoms with van der Waals surface area (Å²) < 4.78 is 0. The average Bonchev–Trinajstić information content (AvgIpc) is 2.94. The molecule has 0 bridgehead atoms. The van der Waals surface area contributed by atoms with Gasteiger partial charge in [0.15, 0.2) is 0 Å². The van der Waals surface area contributed by atoms with E-state index >= 15 is 0 Å². The number of aromatic hydroxyl groups is 1. The molecule has 1 saturated heterocycles. The van der Waals surface area contributed by atoms with E-state index in [2.05, 4.69) is 11.4 Å². The Hall–Kier alpha value is -2.06. The van der Waals surface area contributed by atoms with Crippen molar-refractivity contribution in [2.75, 3.05) is 6.54 Å². The normalized spacial score (nSPS) is 25.1. The lowest BCUT2D eigenvalue weighted by molar-refractivity contribution is -0.133. The summed E-state index contributed by atoms with van der Waals surface area (Å²) in [5.41, 5.74) is 2.12. The Labute approximate surface area is 117 Å². The summed E-state index contributed by atoms with van der Waals surface area (Å²) in [6.45, 7) is 1.25. The number of hydrogen-bond donors (Lipinski definition) is 2. The maximum absolute atomic E-state index is 12.5. The van der Waals surface area contributed by atoms with Gasteiger partial charge in [-0.25, -0.2) is 0 Å². The van der Waals surface area contributed by atoms with Gasteiger partial charge in [-0.15, -0.1) is 0 Å². The summed E-state index contributed by atoms with van der Waals surface area (Å²) in [5.74, 6) is 0.271. The van der Waals surface area contributed by atoms with Gasteiger partial charge in [-0.1, -0.05) is 6.07 Å². The zero-order chi connectivity index (χ0) is 14.1. The van der Waals surface area contributed by atoms with Gasteiger partial charge in [0, 0.05) is 13.1 Å². The van der Waals surface area contributed by atoms with Crippen molar-refractivity contribution >= 4 is 5.91 Å². The molecule has 104 valence electrons. The molecule has 2 atom stereocenters. The molecular formula is C15H17N3O2. The number of phenols is 1. The minimum Gasteiger partial charge on any atom is -0.508 e. The average molecular weight is 271 g/mol. The molecule has 0 radical (unpaired) electrons. The standard InChI is InChI=1S/C15H17N3O2/c16-8-12-2-1-5-18(12)15(20)14-7-10-3-4-13(19)6-11(10)9-17-14/h3-4,6,12,14,17,19H,1-2,5,7,9H2. The van der Waals surface area contributed by atoms with Gasteiger partial charge in [0.25, 0.3) is 0 Å². The third-order valence-electron chi connectivity index (χ3n) is 4.14. The molecule has 3 rings (SSSR count). The SMILES string of the molecule is N#CC1CCCN1C(=O)C1Cc2ccc(O)cc2CN1. The molecule has 0 aliphatic carbocycles. The second-order valence-electron chi connectivity index (χ2n) is 5.41. The fourth-order valence-electron chi connectivity index (χ4n) is 3.04. The van der Waals surface area contributed by atoms with Gasteiger partial charge in [0.1, 0.15) is 11.8 Å². The molecule has 5 heteroatoms. The number of amides is 1. The van der Waals surface area contributed by atoms with Crippen LogP contribution in [0.4, 0.5) is 0 Å². The van der Waals surface area contributed by atoms with E-state index < -0.39 is 0 Å². The van der Waals surface area contributed by atoms with E-state index in [1.165, 1.54) is 0 Å².